The fourth-order valence-corrected chi connectivity index (χ4v) is 3.65. The number of amides is 4. The molecule has 0 saturated carbocycles. The summed E-state index contributed by atoms with van der Waals surface area (Å²) in [6.07, 6.45) is -3.64. The number of imide groups is 1. The second kappa shape index (κ2) is 9.72. The summed E-state index contributed by atoms with van der Waals surface area (Å²) in [6, 6.07) is 8.90. The van der Waals surface area contributed by atoms with Crippen LogP contribution in [0.3, 0.4) is 0 Å². The van der Waals surface area contributed by atoms with E-state index in [4.69, 9.17) is 0 Å². The van der Waals surface area contributed by atoms with Crippen LogP contribution >= 0.6 is 0 Å². The van der Waals surface area contributed by atoms with Gasteiger partial charge in [-0.1, -0.05) is 6.07 Å². The van der Waals surface area contributed by atoms with Crippen LogP contribution in [0, 0.1) is 11.6 Å². The lowest BCUT2D eigenvalue weighted by Crippen LogP contribution is -2.52. The van der Waals surface area contributed by atoms with Gasteiger partial charge in [-0.25, -0.2) is 18.6 Å². The van der Waals surface area contributed by atoms with Crippen LogP contribution in [-0.4, -0.2) is 40.8 Å². The van der Waals surface area contributed by atoms with Gasteiger partial charge in [0.1, 0.15) is 17.5 Å². The summed E-state index contributed by atoms with van der Waals surface area (Å²) in [5.41, 5.74) is -2.26. The Hall–Kier alpha value is -4.35. The Morgan fingerprint density at radius 1 is 0.944 bits per heavy atom. The number of anilines is 2. The predicted molar refractivity (Wildman–Crippen MR) is 118 cm³/mol. The number of nitrogens with zero attached hydrogens (tertiary/aromatic N) is 3. The third kappa shape index (κ3) is 5.02. The number of alkyl halides is 3. The molecular formula is C24H17F5N4O3. The molecule has 1 saturated heterocycles. The SMILES string of the molecule is O=C(Nc1ccc(F)cc1)c1ccc(N2CCCN(C(=O)c3c(F)cccc3C(F)(F)F)C2=O)nc1. The zero-order valence-corrected chi connectivity index (χ0v) is 18.4. The van der Waals surface area contributed by atoms with Crippen molar-refractivity contribution < 1.29 is 36.3 Å². The van der Waals surface area contributed by atoms with Crippen molar-refractivity contribution in [1.29, 1.82) is 0 Å². The molecule has 1 aliphatic rings. The van der Waals surface area contributed by atoms with E-state index < -0.39 is 46.8 Å². The Bertz CT molecular complexity index is 1310. The molecule has 0 spiro atoms. The quantitative estimate of drug-likeness (QED) is 0.501. The van der Waals surface area contributed by atoms with Crippen molar-refractivity contribution in [3.8, 4) is 0 Å². The Labute approximate surface area is 201 Å². The third-order valence-electron chi connectivity index (χ3n) is 5.39. The van der Waals surface area contributed by atoms with E-state index in [1.54, 1.807) is 0 Å². The van der Waals surface area contributed by atoms with Crippen molar-refractivity contribution in [2.75, 3.05) is 23.3 Å². The van der Waals surface area contributed by atoms with Crippen molar-refractivity contribution in [3.63, 3.8) is 0 Å². The van der Waals surface area contributed by atoms with E-state index >= 15 is 0 Å². The van der Waals surface area contributed by atoms with E-state index in [0.717, 1.165) is 11.0 Å². The Morgan fingerprint density at radius 3 is 2.31 bits per heavy atom. The molecule has 3 aromatic rings. The maximum Gasteiger partial charge on any atom is 0.417 e. The van der Waals surface area contributed by atoms with Crippen LogP contribution in [0.15, 0.2) is 60.8 Å². The van der Waals surface area contributed by atoms with Gasteiger partial charge in [0.15, 0.2) is 0 Å². The van der Waals surface area contributed by atoms with E-state index in [2.05, 4.69) is 10.3 Å². The monoisotopic (exact) mass is 504 g/mol. The summed E-state index contributed by atoms with van der Waals surface area (Å²) in [5.74, 6) is -3.79. The lowest BCUT2D eigenvalue weighted by Gasteiger charge is -2.34. The van der Waals surface area contributed by atoms with Crippen LogP contribution in [0.5, 0.6) is 0 Å². The van der Waals surface area contributed by atoms with Gasteiger partial charge < -0.3 is 5.32 Å². The molecule has 12 heteroatoms. The number of urea groups is 1. The zero-order chi connectivity index (χ0) is 26.0. The standard InChI is InChI=1S/C24H17F5N4O3/c25-15-6-8-16(9-7-15)31-21(34)14-5-10-19(30-13-14)32-11-2-12-33(23(32)36)22(35)20-17(24(27,28)29)3-1-4-18(20)26/h1,3-10,13H,2,11-12H2,(H,31,34). The highest BCUT2D eigenvalue weighted by Crippen LogP contribution is 2.34. The molecule has 4 amide bonds. The lowest BCUT2D eigenvalue weighted by atomic mass is 10.0. The van der Waals surface area contributed by atoms with E-state index in [1.165, 1.54) is 42.6 Å². The minimum atomic E-state index is -5.00. The van der Waals surface area contributed by atoms with Gasteiger partial charge in [-0.05, 0) is 55.0 Å². The average molecular weight is 504 g/mol. The highest BCUT2D eigenvalue weighted by Gasteiger charge is 2.40. The van der Waals surface area contributed by atoms with Gasteiger partial charge >= 0.3 is 12.2 Å². The first-order valence-corrected chi connectivity index (χ1v) is 10.6. The molecule has 0 unspecified atom stereocenters. The molecular weight excluding hydrogens is 487 g/mol. The minimum Gasteiger partial charge on any atom is -0.322 e. The number of rotatable bonds is 4. The van der Waals surface area contributed by atoms with Crippen molar-refractivity contribution >= 4 is 29.4 Å². The number of aromatic nitrogens is 1. The average Bonchev–Trinajstić information content (AvgIpc) is 2.84. The van der Waals surface area contributed by atoms with Crippen LogP contribution in [-0.2, 0) is 6.18 Å². The number of halogens is 5. The Balaban J connectivity index is 1.53. The minimum absolute atomic E-state index is 0.0420. The van der Waals surface area contributed by atoms with Gasteiger partial charge in [0.25, 0.3) is 11.8 Å². The topological polar surface area (TPSA) is 82.6 Å². The van der Waals surface area contributed by atoms with Crippen molar-refractivity contribution in [2.24, 2.45) is 0 Å². The number of nitrogens with one attached hydrogen (secondary N) is 1. The smallest absolute Gasteiger partial charge is 0.322 e. The summed E-state index contributed by atoms with van der Waals surface area (Å²) in [4.78, 5) is 43.9. The van der Waals surface area contributed by atoms with Crippen LogP contribution in [0.25, 0.3) is 0 Å². The second-order valence-electron chi connectivity index (χ2n) is 7.77. The number of pyridine rings is 1. The summed E-state index contributed by atoms with van der Waals surface area (Å²) < 4.78 is 67.4. The first kappa shape index (κ1) is 24.8. The van der Waals surface area contributed by atoms with Crippen LogP contribution in [0.4, 0.5) is 38.3 Å². The molecule has 1 N–H and O–H groups in total. The van der Waals surface area contributed by atoms with Crippen LogP contribution in [0.2, 0.25) is 0 Å². The van der Waals surface area contributed by atoms with Gasteiger partial charge in [-0.15, -0.1) is 0 Å². The van der Waals surface area contributed by atoms with E-state index in [9.17, 15) is 36.3 Å². The summed E-state index contributed by atoms with van der Waals surface area (Å²) in [5, 5.41) is 2.55. The summed E-state index contributed by atoms with van der Waals surface area (Å²) in [7, 11) is 0. The largest absolute Gasteiger partial charge is 0.417 e. The van der Waals surface area contributed by atoms with Gasteiger partial charge in [0.05, 0.1) is 16.7 Å². The molecule has 36 heavy (non-hydrogen) atoms. The molecule has 1 aliphatic heterocycles. The number of carbonyl (C=O) groups excluding carboxylic acids is 3. The molecule has 4 rings (SSSR count). The molecule has 0 radical (unpaired) electrons. The lowest BCUT2D eigenvalue weighted by molar-refractivity contribution is -0.138. The highest BCUT2D eigenvalue weighted by atomic mass is 19.4. The van der Waals surface area contributed by atoms with E-state index in [-0.39, 0.29) is 30.9 Å². The fraction of sp³-hybridized carbons (Fsp3) is 0.167. The molecule has 0 aliphatic carbocycles. The van der Waals surface area contributed by atoms with Gasteiger partial charge in [-0.2, -0.15) is 13.2 Å². The zero-order valence-electron chi connectivity index (χ0n) is 18.4. The first-order valence-electron chi connectivity index (χ1n) is 10.6. The Kier molecular flexibility index (Phi) is 6.69. The molecule has 1 aromatic heterocycles. The van der Waals surface area contributed by atoms with E-state index in [1.807, 2.05) is 0 Å². The van der Waals surface area contributed by atoms with E-state index in [0.29, 0.717) is 22.7 Å². The van der Waals surface area contributed by atoms with Gasteiger partial charge in [0.2, 0.25) is 0 Å². The maximum absolute atomic E-state index is 14.3. The molecule has 0 bridgehead atoms. The Morgan fingerprint density at radius 2 is 1.67 bits per heavy atom. The van der Waals surface area contributed by atoms with Crippen LogP contribution < -0.4 is 10.2 Å². The molecule has 7 nitrogen and oxygen atoms in total. The van der Waals surface area contributed by atoms with Crippen LogP contribution in [0.1, 0.15) is 32.7 Å². The summed E-state index contributed by atoms with van der Waals surface area (Å²) >= 11 is 0. The third-order valence-corrected chi connectivity index (χ3v) is 5.39. The predicted octanol–water partition coefficient (Wildman–Crippen LogP) is 5.10. The summed E-state index contributed by atoms with van der Waals surface area (Å²) in [6.45, 7) is -0.113. The fourth-order valence-electron chi connectivity index (χ4n) is 3.65. The molecule has 2 heterocycles. The van der Waals surface area contributed by atoms with Gasteiger partial charge in [-0.3, -0.25) is 19.4 Å². The second-order valence-corrected chi connectivity index (χ2v) is 7.77. The first-order chi connectivity index (χ1) is 17.1. The van der Waals surface area contributed by atoms with Crippen molar-refractivity contribution in [3.05, 3.63) is 89.1 Å². The number of benzene rings is 2. The van der Waals surface area contributed by atoms with Crippen molar-refractivity contribution in [1.82, 2.24) is 9.88 Å². The number of hydrogen-bond acceptors (Lipinski definition) is 4. The molecule has 186 valence electrons. The normalized spacial score (nSPS) is 14.1. The highest BCUT2D eigenvalue weighted by molar-refractivity contribution is 6.10. The maximum atomic E-state index is 14.3. The van der Waals surface area contributed by atoms with Crippen molar-refractivity contribution in [2.45, 2.75) is 12.6 Å². The number of hydrogen-bond donors (Lipinski definition) is 1. The number of carbonyl (C=O) groups is 3. The molecule has 0 atom stereocenters. The molecule has 2 aromatic carbocycles. The van der Waals surface area contributed by atoms with Gasteiger partial charge in [0, 0.05) is 25.0 Å². The molecule has 1 fully saturated rings.